The van der Waals surface area contributed by atoms with E-state index in [9.17, 15) is 4.79 Å². The summed E-state index contributed by atoms with van der Waals surface area (Å²) in [4.78, 5) is 20.8. The van der Waals surface area contributed by atoms with Crippen molar-refractivity contribution >= 4 is 17.4 Å². The molecule has 0 aliphatic carbocycles. The van der Waals surface area contributed by atoms with E-state index < -0.39 is 0 Å². The summed E-state index contributed by atoms with van der Waals surface area (Å²) >= 11 is 1.57. The highest BCUT2D eigenvalue weighted by Gasteiger charge is 2.11. The third-order valence-corrected chi connectivity index (χ3v) is 4.58. The number of fused-ring (bicyclic) bond motifs is 1. The molecule has 0 saturated carbocycles. The molecule has 2 heterocycles. The number of aromatic amines is 1. The first-order valence-corrected chi connectivity index (χ1v) is 8.50. The van der Waals surface area contributed by atoms with Gasteiger partial charge in [0.15, 0.2) is 16.6 Å². The lowest BCUT2D eigenvalue weighted by atomic mass is 10.2. The molecule has 4 aromatic rings. The lowest BCUT2D eigenvalue weighted by Gasteiger charge is -2.07. The summed E-state index contributed by atoms with van der Waals surface area (Å²) in [6.45, 7) is 0. The average molecular weight is 334 g/mol. The number of thioether (sulfide) groups is 1. The molecule has 0 unspecified atom stereocenters. The Hall–Kier alpha value is -2.86. The van der Waals surface area contributed by atoms with Gasteiger partial charge in [-0.15, -0.1) is 0 Å². The molecule has 0 spiro atoms. The highest BCUT2D eigenvalue weighted by molar-refractivity contribution is 7.98. The number of hydrogen-bond acceptors (Lipinski definition) is 4. The van der Waals surface area contributed by atoms with Crippen LogP contribution < -0.4 is 5.56 Å². The standard InChI is InChI=1S/C18H14N4OS/c23-16-11-15-19-17(14-9-5-2-6-10-14)20-18(22(15)21-16)24-12-13-7-3-1-4-8-13/h1-11H,12H2,(H,21,23). The van der Waals surface area contributed by atoms with Gasteiger partial charge in [-0.2, -0.15) is 0 Å². The average Bonchev–Trinajstić information content (AvgIpc) is 3.01. The molecular weight excluding hydrogens is 320 g/mol. The third-order valence-electron chi connectivity index (χ3n) is 3.57. The molecule has 118 valence electrons. The van der Waals surface area contributed by atoms with Crippen LogP contribution in [-0.2, 0) is 5.75 Å². The molecule has 24 heavy (non-hydrogen) atoms. The summed E-state index contributed by atoms with van der Waals surface area (Å²) in [6.07, 6.45) is 0. The van der Waals surface area contributed by atoms with E-state index in [1.807, 2.05) is 48.5 Å². The predicted octanol–water partition coefficient (Wildman–Crippen LogP) is 3.38. The SMILES string of the molecule is O=c1cc2nc(-c3ccccc3)nc(SCc3ccccc3)n2[nH]1. The molecule has 1 N–H and O–H groups in total. The van der Waals surface area contributed by atoms with Crippen LogP contribution in [0.2, 0.25) is 0 Å². The topological polar surface area (TPSA) is 63.1 Å². The molecule has 0 saturated heterocycles. The van der Waals surface area contributed by atoms with Gasteiger partial charge in [-0.1, -0.05) is 72.4 Å². The van der Waals surface area contributed by atoms with Gasteiger partial charge in [-0.05, 0) is 5.56 Å². The van der Waals surface area contributed by atoms with Gasteiger partial charge in [0.1, 0.15) is 0 Å². The molecule has 0 fully saturated rings. The van der Waals surface area contributed by atoms with Crippen molar-refractivity contribution in [3.8, 4) is 11.4 Å². The lowest BCUT2D eigenvalue weighted by Crippen LogP contribution is -2.04. The molecule has 0 aliphatic heterocycles. The lowest BCUT2D eigenvalue weighted by molar-refractivity contribution is 0.766. The second-order valence-electron chi connectivity index (χ2n) is 5.28. The number of hydrogen-bond donors (Lipinski definition) is 1. The largest absolute Gasteiger partial charge is 0.268 e. The van der Waals surface area contributed by atoms with Crippen LogP contribution in [-0.4, -0.2) is 19.6 Å². The Morgan fingerprint density at radius 1 is 0.958 bits per heavy atom. The van der Waals surface area contributed by atoms with Gasteiger partial charge < -0.3 is 0 Å². The molecule has 4 rings (SSSR count). The van der Waals surface area contributed by atoms with Crippen molar-refractivity contribution in [1.82, 2.24) is 19.6 Å². The maximum absolute atomic E-state index is 11.7. The summed E-state index contributed by atoms with van der Waals surface area (Å²) in [5.74, 6) is 1.38. The van der Waals surface area contributed by atoms with E-state index in [2.05, 4.69) is 27.2 Å². The highest BCUT2D eigenvalue weighted by Crippen LogP contribution is 2.24. The van der Waals surface area contributed by atoms with Gasteiger partial charge in [0.2, 0.25) is 0 Å². The van der Waals surface area contributed by atoms with Crippen molar-refractivity contribution in [2.45, 2.75) is 10.9 Å². The zero-order chi connectivity index (χ0) is 16.4. The van der Waals surface area contributed by atoms with E-state index in [4.69, 9.17) is 0 Å². The Balaban J connectivity index is 1.76. The summed E-state index contributed by atoms with van der Waals surface area (Å²) in [5.41, 5.74) is 2.51. The zero-order valence-corrected chi connectivity index (χ0v) is 13.5. The van der Waals surface area contributed by atoms with Gasteiger partial charge in [-0.25, -0.2) is 14.5 Å². The van der Waals surface area contributed by atoms with E-state index in [1.165, 1.54) is 11.6 Å². The molecule has 2 aromatic carbocycles. The molecule has 2 aromatic heterocycles. The fourth-order valence-electron chi connectivity index (χ4n) is 2.42. The number of nitrogens with zero attached hydrogens (tertiary/aromatic N) is 3. The quantitative estimate of drug-likeness (QED) is 0.581. The Morgan fingerprint density at radius 3 is 2.42 bits per heavy atom. The van der Waals surface area contributed by atoms with Crippen LogP contribution in [0, 0.1) is 0 Å². The first-order valence-electron chi connectivity index (χ1n) is 7.51. The number of aromatic nitrogens is 4. The smallest absolute Gasteiger partial charge is 0.266 e. The number of rotatable bonds is 4. The summed E-state index contributed by atoms with van der Waals surface area (Å²) < 4.78 is 1.64. The van der Waals surface area contributed by atoms with Gasteiger partial charge in [0.25, 0.3) is 5.56 Å². The predicted molar refractivity (Wildman–Crippen MR) is 95.0 cm³/mol. The van der Waals surface area contributed by atoms with Crippen LogP contribution in [0.15, 0.2) is 76.7 Å². The fraction of sp³-hybridized carbons (Fsp3) is 0.0556. The molecule has 0 aliphatic rings. The van der Waals surface area contributed by atoms with Crippen molar-refractivity contribution in [3.63, 3.8) is 0 Å². The van der Waals surface area contributed by atoms with Gasteiger partial charge in [-0.3, -0.25) is 9.89 Å². The third kappa shape index (κ3) is 2.96. The van der Waals surface area contributed by atoms with Crippen molar-refractivity contribution < 1.29 is 0 Å². The van der Waals surface area contributed by atoms with Crippen LogP contribution >= 0.6 is 11.8 Å². The summed E-state index contributed by atoms with van der Waals surface area (Å²) in [5, 5.41) is 3.47. The van der Waals surface area contributed by atoms with E-state index in [0.717, 1.165) is 11.3 Å². The van der Waals surface area contributed by atoms with Crippen LogP contribution in [0.4, 0.5) is 0 Å². The van der Waals surface area contributed by atoms with E-state index in [1.54, 1.807) is 16.3 Å². The Bertz CT molecular complexity index is 1030. The minimum Gasteiger partial charge on any atom is -0.268 e. The molecule has 0 bridgehead atoms. The van der Waals surface area contributed by atoms with Crippen LogP contribution in [0.25, 0.3) is 17.0 Å². The van der Waals surface area contributed by atoms with Crippen molar-refractivity contribution in [2.75, 3.05) is 0 Å². The van der Waals surface area contributed by atoms with Crippen molar-refractivity contribution in [3.05, 3.63) is 82.6 Å². The summed E-state index contributed by atoms with van der Waals surface area (Å²) in [6, 6.07) is 21.4. The van der Waals surface area contributed by atoms with Gasteiger partial charge in [0, 0.05) is 17.4 Å². The first kappa shape index (κ1) is 14.7. The van der Waals surface area contributed by atoms with Crippen LogP contribution in [0.3, 0.4) is 0 Å². The van der Waals surface area contributed by atoms with Crippen molar-refractivity contribution in [1.29, 1.82) is 0 Å². The first-order chi connectivity index (χ1) is 11.8. The molecule has 5 nitrogen and oxygen atoms in total. The maximum Gasteiger partial charge on any atom is 0.266 e. The van der Waals surface area contributed by atoms with E-state index in [-0.39, 0.29) is 5.56 Å². The van der Waals surface area contributed by atoms with Gasteiger partial charge in [0.05, 0.1) is 0 Å². The fourth-order valence-corrected chi connectivity index (χ4v) is 3.33. The number of H-pyrrole nitrogens is 1. The van der Waals surface area contributed by atoms with E-state index >= 15 is 0 Å². The highest BCUT2D eigenvalue weighted by atomic mass is 32.2. The van der Waals surface area contributed by atoms with Crippen LogP contribution in [0.5, 0.6) is 0 Å². The Labute approximate surface area is 142 Å². The normalized spacial score (nSPS) is 11.0. The van der Waals surface area contributed by atoms with E-state index in [0.29, 0.717) is 16.6 Å². The van der Waals surface area contributed by atoms with Crippen LogP contribution in [0.1, 0.15) is 5.56 Å². The molecular formula is C18H14N4OS. The second kappa shape index (κ2) is 6.33. The Morgan fingerprint density at radius 2 is 1.67 bits per heavy atom. The molecule has 0 amide bonds. The molecule has 6 heteroatoms. The monoisotopic (exact) mass is 334 g/mol. The second-order valence-corrected chi connectivity index (χ2v) is 6.23. The van der Waals surface area contributed by atoms with Gasteiger partial charge >= 0.3 is 0 Å². The zero-order valence-electron chi connectivity index (χ0n) is 12.7. The molecule has 0 atom stereocenters. The molecule has 0 radical (unpaired) electrons. The number of benzene rings is 2. The minimum absolute atomic E-state index is 0.184. The van der Waals surface area contributed by atoms with Crippen molar-refractivity contribution in [2.24, 2.45) is 0 Å². The summed E-state index contributed by atoms with van der Waals surface area (Å²) in [7, 11) is 0. The maximum atomic E-state index is 11.7. The number of nitrogens with one attached hydrogen (secondary N) is 1. The Kier molecular flexibility index (Phi) is 3.88. The minimum atomic E-state index is -0.184.